The fourth-order valence-electron chi connectivity index (χ4n) is 4.07. The van der Waals surface area contributed by atoms with Gasteiger partial charge in [-0.2, -0.15) is 10.2 Å². The van der Waals surface area contributed by atoms with Gasteiger partial charge in [0.2, 0.25) is 0 Å². The molecular formula is C27H34N6O2. The summed E-state index contributed by atoms with van der Waals surface area (Å²) >= 11 is 0. The third-order valence-electron chi connectivity index (χ3n) is 6.08. The van der Waals surface area contributed by atoms with Gasteiger partial charge in [0.25, 0.3) is 0 Å². The van der Waals surface area contributed by atoms with Crippen LogP contribution in [0.1, 0.15) is 52.0 Å². The van der Waals surface area contributed by atoms with E-state index in [1.54, 1.807) is 18.5 Å². The quantitative estimate of drug-likeness (QED) is 0.436. The topological polar surface area (TPSA) is 102 Å². The number of aromatic nitrogens is 6. The van der Waals surface area contributed by atoms with Crippen LogP contribution in [0.25, 0.3) is 33.6 Å². The second-order valence-corrected chi connectivity index (χ2v) is 9.75. The first-order valence-electron chi connectivity index (χ1n) is 12.1. The lowest BCUT2D eigenvalue weighted by Crippen LogP contribution is -2.23. The number of rotatable bonds is 5. The molecule has 5 rings (SSSR count). The van der Waals surface area contributed by atoms with Gasteiger partial charge in [-0.3, -0.25) is 9.36 Å². The molecule has 1 aromatic carbocycles. The van der Waals surface area contributed by atoms with Crippen LogP contribution in [0, 0.1) is 0 Å². The molecule has 1 saturated carbocycles. The van der Waals surface area contributed by atoms with Crippen LogP contribution in [0.15, 0.2) is 61.4 Å². The van der Waals surface area contributed by atoms with Crippen molar-refractivity contribution in [2.75, 3.05) is 6.61 Å². The predicted molar refractivity (Wildman–Crippen MR) is 136 cm³/mol. The first-order valence-corrected chi connectivity index (χ1v) is 12.1. The summed E-state index contributed by atoms with van der Waals surface area (Å²) in [5.41, 5.74) is 4.36. The summed E-state index contributed by atoms with van der Waals surface area (Å²) in [5.74, 6) is 0.721. The number of hydrogen-bond donors (Lipinski definition) is 2. The van der Waals surface area contributed by atoms with Gasteiger partial charge in [-0.15, -0.1) is 0 Å². The van der Waals surface area contributed by atoms with Gasteiger partial charge in [-0.05, 0) is 38.3 Å². The number of aliphatic hydroxyl groups is 2. The SMILES string of the molecule is CC(C)(O)CO.Cn1cc(-c2cccc(-c3ncc(-c4cnn(C5CCCCC5)c4)cn3)c2)cn1. The Morgan fingerprint density at radius 3 is 2.11 bits per heavy atom. The molecule has 3 aromatic heterocycles. The monoisotopic (exact) mass is 474 g/mol. The predicted octanol–water partition coefficient (Wildman–Crippen LogP) is 4.66. The van der Waals surface area contributed by atoms with E-state index in [-0.39, 0.29) is 6.61 Å². The molecule has 1 fully saturated rings. The summed E-state index contributed by atoms with van der Waals surface area (Å²) in [6.45, 7) is 2.92. The zero-order valence-corrected chi connectivity index (χ0v) is 20.7. The highest BCUT2D eigenvalue weighted by Gasteiger charge is 2.16. The van der Waals surface area contributed by atoms with E-state index in [2.05, 4.69) is 43.2 Å². The largest absolute Gasteiger partial charge is 0.393 e. The summed E-state index contributed by atoms with van der Waals surface area (Å²) in [6.07, 6.45) is 18.1. The normalized spacial score (nSPS) is 14.4. The lowest BCUT2D eigenvalue weighted by atomic mass is 9.96. The second-order valence-electron chi connectivity index (χ2n) is 9.75. The fraction of sp³-hybridized carbons (Fsp3) is 0.407. The fourth-order valence-corrected chi connectivity index (χ4v) is 4.07. The van der Waals surface area contributed by atoms with Gasteiger partial charge in [-0.25, -0.2) is 9.97 Å². The summed E-state index contributed by atoms with van der Waals surface area (Å²) in [6, 6.07) is 8.79. The first-order chi connectivity index (χ1) is 16.8. The third kappa shape index (κ3) is 6.61. The number of nitrogens with zero attached hydrogens (tertiary/aromatic N) is 6. The van der Waals surface area contributed by atoms with Crippen LogP contribution in [-0.2, 0) is 7.05 Å². The van der Waals surface area contributed by atoms with Crippen LogP contribution in [0.5, 0.6) is 0 Å². The van der Waals surface area contributed by atoms with Crippen LogP contribution in [0.4, 0.5) is 0 Å². The molecular weight excluding hydrogens is 440 g/mol. The molecule has 0 bridgehead atoms. The molecule has 0 spiro atoms. The Labute approximate surface area is 206 Å². The lowest BCUT2D eigenvalue weighted by molar-refractivity contribution is 0.0183. The zero-order chi connectivity index (χ0) is 24.8. The average Bonchev–Trinajstić information content (AvgIpc) is 3.55. The van der Waals surface area contributed by atoms with Crippen molar-refractivity contribution in [1.29, 1.82) is 0 Å². The van der Waals surface area contributed by atoms with Gasteiger partial charge < -0.3 is 10.2 Å². The molecule has 35 heavy (non-hydrogen) atoms. The molecule has 0 amide bonds. The van der Waals surface area contributed by atoms with Gasteiger partial charge in [0.15, 0.2) is 5.82 Å². The highest BCUT2D eigenvalue weighted by molar-refractivity contribution is 5.70. The molecule has 184 valence electrons. The van der Waals surface area contributed by atoms with Crippen LogP contribution in [0.3, 0.4) is 0 Å². The van der Waals surface area contributed by atoms with Crippen LogP contribution in [0.2, 0.25) is 0 Å². The molecule has 0 aliphatic heterocycles. The maximum Gasteiger partial charge on any atom is 0.159 e. The van der Waals surface area contributed by atoms with E-state index in [0.717, 1.165) is 33.6 Å². The van der Waals surface area contributed by atoms with Gasteiger partial charge in [-0.1, -0.05) is 37.5 Å². The molecule has 0 radical (unpaired) electrons. The van der Waals surface area contributed by atoms with Gasteiger partial charge >= 0.3 is 0 Å². The van der Waals surface area contributed by atoms with E-state index in [9.17, 15) is 0 Å². The molecule has 0 unspecified atom stereocenters. The minimum absolute atomic E-state index is 0.174. The molecule has 0 saturated heterocycles. The summed E-state index contributed by atoms with van der Waals surface area (Å²) < 4.78 is 3.93. The van der Waals surface area contributed by atoms with Crippen molar-refractivity contribution in [3.05, 3.63) is 61.4 Å². The molecule has 2 N–H and O–H groups in total. The van der Waals surface area contributed by atoms with Gasteiger partial charge in [0, 0.05) is 54.1 Å². The van der Waals surface area contributed by atoms with Crippen molar-refractivity contribution in [3.63, 3.8) is 0 Å². The van der Waals surface area contributed by atoms with Crippen molar-refractivity contribution in [2.45, 2.75) is 57.6 Å². The van der Waals surface area contributed by atoms with E-state index in [1.807, 2.05) is 50.2 Å². The zero-order valence-electron chi connectivity index (χ0n) is 20.7. The Morgan fingerprint density at radius 2 is 1.49 bits per heavy atom. The standard InChI is InChI=1S/C23H24N6.C4H10O2/c1-28-15-20(13-26-28)17-6-5-7-18(10-17)23-24-11-19(12-25-23)21-14-27-29(16-21)22-8-3-2-4-9-22;1-4(2,6)3-5/h5-7,10-16,22H,2-4,8-9H2,1H3;5-6H,3H2,1-2H3. The minimum Gasteiger partial charge on any atom is -0.393 e. The molecule has 1 aliphatic carbocycles. The van der Waals surface area contributed by atoms with E-state index in [1.165, 1.54) is 32.1 Å². The van der Waals surface area contributed by atoms with E-state index >= 15 is 0 Å². The Hall–Kier alpha value is -3.36. The Bertz CT molecular complexity index is 1220. The van der Waals surface area contributed by atoms with Crippen molar-refractivity contribution in [3.8, 4) is 33.6 Å². The summed E-state index contributed by atoms with van der Waals surface area (Å²) in [7, 11) is 1.92. The molecule has 8 nitrogen and oxygen atoms in total. The van der Waals surface area contributed by atoms with Gasteiger partial charge in [0.05, 0.1) is 30.6 Å². The molecule has 4 aromatic rings. The van der Waals surface area contributed by atoms with E-state index in [4.69, 9.17) is 10.2 Å². The van der Waals surface area contributed by atoms with Crippen LogP contribution >= 0.6 is 0 Å². The lowest BCUT2D eigenvalue weighted by Gasteiger charge is -2.21. The van der Waals surface area contributed by atoms with Crippen molar-refractivity contribution < 1.29 is 10.2 Å². The minimum atomic E-state index is -0.903. The number of hydrogen-bond acceptors (Lipinski definition) is 6. The Kier molecular flexibility index (Phi) is 7.73. The van der Waals surface area contributed by atoms with Crippen LogP contribution in [-0.4, -0.2) is 51.9 Å². The number of aliphatic hydroxyl groups excluding tert-OH is 1. The summed E-state index contributed by atoms with van der Waals surface area (Å²) in [5, 5.41) is 25.6. The van der Waals surface area contributed by atoms with E-state index < -0.39 is 5.60 Å². The molecule has 1 aliphatic rings. The molecule has 8 heteroatoms. The smallest absolute Gasteiger partial charge is 0.159 e. The maximum atomic E-state index is 8.58. The highest BCUT2D eigenvalue weighted by atomic mass is 16.3. The second kappa shape index (κ2) is 10.9. The summed E-state index contributed by atoms with van der Waals surface area (Å²) in [4.78, 5) is 9.24. The Morgan fingerprint density at radius 1 is 0.857 bits per heavy atom. The third-order valence-corrected chi connectivity index (χ3v) is 6.08. The van der Waals surface area contributed by atoms with E-state index in [0.29, 0.717) is 6.04 Å². The average molecular weight is 475 g/mol. The maximum absolute atomic E-state index is 8.58. The van der Waals surface area contributed by atoms with Crippen LogP contribution < -0.4 is 0 Å². The van der Waals surface area contributed by atoms with Crippen molar-refractivity contribution in [1.82, 2.24) is 29.5 Å². The number of benzene rings is 1. The van der Waals surface area contributed by atoms with Crippen molar-refractivity contribution in [2.24, 2.45) is 7.05 Å². The van der Waals surface area contributed by atoms with Gasteiger partial charge in [0.1, 0.15) is 0 Å². The Balaban J connectivity index is 0.000000431. The molecule has 0 atom stereocenters. The highest BCUT2D eigenvalue weighted by Crippen LogP contribution is 2.29. The number of aryl methyl sites for hydroxylation is 1. The van der Waals surface area contributed by atoms with Crippen molar-refractivity contribution >= 4 is 0 Å². The first kappa shape index (κ1) is 24.8. The molecule has 3 heterocycles.